The Hall–Kier alpha value is -0.640. The van der Waals surface area contributed by atoms with E-state index in [1.807, 2.05) is 0 Å². The van der Waals surface area contributed by atoms with Gasteiger partial charge in [-0.05, 0) is 41.6 Å². The van der Waals surface area contributed by atoms with Crippen LogP contribution in [0.2, 0.25) is 0 Å². The predicted octanol–water partition coefficient (Wildman–Crippen LogP) is 5.65. The molecule has 0 atom stereocenters. The fourth-order valence-corrected chi connectivity index (χ4v) is 1.71. The van der Waals surface area contributed by atoms with Crippen molar-refractivity contribution < 1.29 is 0 Å². The lowest BCUT2D eigenvalue weighted by atomic mass is 10.1. The molecule has 0 aliphatic heterocycles. The molecule has 0 radical (unpaired) electrons. The van der Waals surface area contributed by atoms with Crippen molar-refractivity contribution in [1.82, 2.24) is 0 Å². The molecule has 0 aliphatic rings. The molecule has 0 saturated carbocycles. The first-order valence-electron chi connectivity index (χ1n) is 6.57. The van der Waals surface area contributed by atoms with Crippen LogP contribution in [0.4, 0.5) is 0 Å². The summed E-state index contributed by atoms with van der Waals surface area (Å²) < 4.78 is 1.14. The van der Waals surface area contributed by atoms with E-state index in [9.17, 15) is 0 Å². The van der Waals surface area contributed by atoms with Crippen LogP contribution < -0.4 is 0 Å². The van der Waals surface area contributed by atoms with E-state index in [1.165, 1.54) is 49.0 Å². The van der Waals surface area contributed by atoms with E-state index in [0.29, 0.717) is 0 Å². The zero-order valence-corrected chi connectivity index (χ0v) is 15.7. The Morgan fingerprint density at radius 1 is 0.900 bits per heavy atom. The molecule has 2 aromatic rings. The van der Waals surface area contributed by atoms with Gasteiger partial charge in [-0.15, -0.1) is 0 Å². The smallest absolute Gasteiger partial charge is 0.0181 e. The highest BCUT2D eigenvalue weighted by Gasteiger charge is 1.93. The van der Waals surface area contributed by atoms with Crippen LogP contribution in [-0.2, 0) is 19.8 Å². The molecule has 0 saturated heterocycles. The van der Waals surface area contributed by atoms with Gasteiger partial charge >= 0.3 is 0 Å². The van der Waals surface area contributed by atoms with Crippen LogP contribution >= 0.6 is 15.9 Å². The van der Waals surface area contributed by atoms with E-state index in [1.54, 1.807) is 0 Å². The van der Waals surface area contributed by atoms with Crippen molar-refractivity contribution in [2.24, 2.45) is 0 Å². The maximum Gasteiger partial charge on any atom is 0.0181 e. The normalized spacial score (nSPS) is 8.80. The Balaban J connectivity index is 0.000000380. The number of benzene rings is 2. The maximum atomic E-state index is 3.45. The zero-order chi connectivity index (χ0) is 15.4. The molecule has 0 aliphatic carbocycles. The predicted molar refractivity (Wildman–Crippen MR) is 106 cm³/mol. The van der Waals surface area contributed by atoms with E-state index in [2.05, 4.69) is 84.8 Å². The summed E-state index contributed by atoms with van der Waals surface area (Å²) in [6.45, 7) is 6.47. The lowest BCUT2D eigenvalue weighted by Crippen LogP contribution is -1.74. The molecule has 2 rings (SSSR count). The molecule has 110 valence electrons. The molecule has 0 unspecified atom stereocenters. The quantitative estimate of drug-likeness (QED) is 0.569. The third-order valence-corrected chi connectivity index (χ3v) is 3.70. The SMILES string of the molecule is C=S=S=C.CCCC.Cc1ccc2cc(Br)ccc2c1. The summed E-state index contributed by atoms with van der Waals surface area (Å²) >= 11 is 3.45. The number of rotatable bonds is 1. The van der Waals surface area contributed by atoms with Crippen molar-refractivity contribution in [3.05, 3.63) is 46.4 Å². The van der Waals surface area contributed by atoms with Crippen molar-refractivity contribution in [1.29, 1.82) is 0 Å². The van der Waals surface area contributed by atoms with Crippen molar-refractivity contribution >= 4 is 58.3 Å². The average Bonchev–Trinajstić information content (AvgIpc) is 2.48. The molecule has 0 N–H and O–H groups in total. The van der Waals surface area contributed by atoms with Gasteiger partial charge in [0.25, 0.3) is 0 Å². The highest BCUT2D eigenvalue weighted by molar-refractivity contribution is 9.10. The molecule has 0 amide bonds. The minimum Gasteiger partial charge on any atom is -0.0973 e. The molecule has 20 heavy (non-hydrogen) atoms. The number of hydrogen-bond donors (Lipinski definition) is 0. The molecule has 0 nitrogen and oxygen atoms in total. The lowest BCUT2D eigenvalue weighted by Gasteiger charge is -1.99. The van der Waals surface area contributed by atoms with Gasteiger partial charge < -0.3 is 0 Å². The van der Waals surface area contributed by atoms with Crippen LogP contribution in [0.25, 0.3) is 10.8 Å². The van der Waals surface area contributed by atoms with Crippen molar-refractivity contribution in [2.75, 3.05) is 0 Å². The third-order valence-electron chi connectivity index (χ3n) is 2.54. The first kappa shape index (κ1) is 19.4. The lowest BCUT2D eigenvalue weighted by molar-refractivity contribution is 0.886. The molecule has 3 heteroatoms. The minimum atomic E-state index is 1.14. The van der Waals surface area contributed by atoms with Crippen LogP contribution in [0.15, 0.2) is 40.9 Å². The molecular weight excluding hydrogens is 348 g/mol. The number of aryl methyl sites for hydroxylation is 1. The Morgan fingerprint density at radius 3 is 1.90 bits per heavy atom. The first-order chi connectivity index (χ1) is 9.58. The summed E-state index contributed by atoms with van der Waals surface area (Å²) in [4.78, 5) is 0. The van der Waals surface area contributed by atoms with Gasteiger partial charge in [-0.3, -0.25) is 0 Å². The van der Waals surface area contributed by atoms with Gasteiger partial charge in [-0.2, -0.15) is 0 Å². The highest BCUT2D eigenvalue weighted by Crippen LogP contribution is 2.20. The van der Waals surface area contributed by atoms with Crippen molar-refractivity contribution in [3.63, 3.8) is 0 Å². The number of halogens is 1. The van der Waals surface area contributed by atoms with Crippen LogP contribution in [0.5, 0.6) is 0 Å². The summed E-state index contributed by atoms with van der Waals surface area (Å²) in [5.74, 6) is 6.84. The summed E-state index contributed by atoms with van der Waals surface area (Å²) in [6.07, 6.45) is 2.64. The molecule has 0 bridgehead atoms. The monoisotopic (exact) mass is 370 g/mol. The van der Waals surface area contributed by atoms with Gasteiger partial charge in [0.1, 0.15) is 0 Å². The maximum absolute atomic E-state index is 3.45. The standard InChI is InChI=1S/C11H9Br.C4H10.C2H4S2/c1-8-2-3-10-7-11(12)5-4-9(10)6-8;2*1-3-4-2/h2-7H,1H3;3-4H2,1-2H3;1-2H2. The Morgan fingerprint density at radius 2 is 1.40 bits per heavy atom. The zero-order valence-electron chi connectivity index (χ0n) is 12.5. The minimum absolute atomic E-state index is 1.14. The summed E-state index contributed by atoms with van der Waals surface area (Å²) in [6, 6.07) is 12.8. The van der Waals surface area contributed by atoms with Crippen LogP contribution in [-0.4, -0.2) is 11.7 Å². The van der Waals surface area contributed by atoms with Crippen LogP contribution in [0.3, 0.4) is 0 Å². The van der Waals surface area contributed by atoms with Gasteiger partial charge in [0.05, 0.1) is 0 Å². The third kappa shape index (κ3) is 8.51. The average molecular weight is 371 g/mol. The number of hydrogen-bond acceptors (Lipinski definition) is 0. The van der Waals surface area contributed by atoms with Crippen LogP contribution in [0, 0.1) is 6.92 Å². The fraction of sp³-hybridized carbons (Fsp3) is 0.294. The summed E-state index contributed by atoms with van der Waals surface area (Å²) in [5, 5.41) is 2.59. The van der Waals surface area contributed by atoms with E-state index < -0.39 is 0 Å². The molecule has 0 fully saturated rings. The largest absolute Gasteiger partial charge is 0.0973 e. The second-order valence-electron chi connectivity index (χ2n) is 4.23. The molecule has 0 heterocycles. The van der Waals surface area contributed by atoms with Crippen molar-refractivity contribution in [3.8, 4) is 0 Å². The van der Waals surface area contributed by atoms with E-state index >= 15 is 0 Å². The number of unbranched alkanes of at least 4 members (excludes halogenated alkanes) is 1. The second-order valence-corrected chi connectivity index (χ2v) is 7.03. The second kappa shape index (κ2) is 12.1. The van der Waals surface area contributed by atoms with Crippen molar-refractivity contribution in [2.45, 2.75) is 33.6 Å². The van der Waals surface area contributed by atoms with E-state index in [-0.39, 0.29) is 0 Å². The Labute approximate surface area is 138 Å². The summed E-state index contributed by atoms with van der Waals surface area (Å²) in [5.41, 5.74) is 1.31. The Bertz CT molecular complexity index is 542. The first-order valence-corrected chi connectivity index (χ1v) is 9.85. The molecular formula is C17H23BrS2. The number of fused-ring (bicyclic) bond motifs is 1. The van der Waals surface area contributed by atoms with Gasteiger partial charge in [0.15, 0.2) is 0 Å². The van der Waals surface area contributed by atoms with Gasteiger partial charge in [0.2, 0.25) is 0 Å². The highest BCUT2D eigenvalue weighted by atomic mass is 79.9. The molecule has 2 aromatic carbocycles. The van der Waals surface area contributed by atoms with Crippen LogP contribution in [0.1, 0.15) is 32.3 Å². The topological polar surface area (TPSA) is 0 Å². The molecule has 0 aromatic heterocycles. The molecule has 0 spiro atoms. The van der Waals surface area contributed by atoms with Gasteiger partial charge in [-0.1, -0.05) is 92.3 Å². The van der Waals surface area contributed by atoms with Gasteiger partial charge in [0, 0.05) is 4.47 Å². The van der Waals surface area contributed by atoms with E-state index in [0.717, 1.165) is 4.47 Å². The van der Waals surface area contributed by atoms with E-state index in [4.69, 9.17) is 0 Å². The van der Waals surface area contributed by atoms with Gasteiger partial charge in [-0.25, -0.2) is 0 Å². The summed E-state index contributed by atoms with van der Waals surface area (Å²) in [7, 11) is 2.82. The Kier molecular flexibility index (Phi) is 11.7. The fourth-order valence-electron chi connectivity index (χ4n) is 1.34.